The van der Waals surface area contributed by atoms with Gasteiger partial charge in [-0.1, -0.05) is 30.3 Å². The number of ether oxygens (including phenoxy) is 1. The van der Waals surface area contributed by atoms with E-state index in [0.29, 0.717) is 11.3 Å². The minimum Gasteiger partial charge on any atom is -0.461 e. The topological polar surface area (TPSA) is 87.3 Å². The van der Waals surface area contributed by atoms with Crippen molar-refractivity contribution in [3.05, 3.63) is 76.1 Å². The molecular formula is C19H17N3O4. The number of nitro benzene ring substituents is 1. The third-order valence-corrected chi connectivity index (χ3v) is 3.95. The summed E-state index contributed by atoms with van der Waals surface area (Å²) in [4.78, 5) is 22.8. The van der Waals surface area contributed by atoms with Crippen molar-refractivity contribution in [2.45, 2.75) is 13.8 Å². The standard InChI is InChI=1S/C19H17N3O4/c1-3-26-19(23)18-17(14-7-5-4-6-8-14)13(2)21(20-18)15-9-11-16(12-10-15)22(24)25/h4-12H,3H2,1-2H3. The first-order chi connectivity index (χ1) is 12.5. The van der Waals surface area contributed by atoms with E-state index in [-0.39, 0.29) is 18.0 Å². The van der Waals surface area contributed by atoms with E-state index < -0.39 is 10.9 Å². The molecule has 0 atom stereocenters. The summed E-state index contributed by atoms with van der Waals surface area (Å²) in [7, 11) is 0. The third-order valence-electron chi connectivity index (χ3n) is 3.95. The molecule has 0 bridgehead atoms. The Morgan fingerprint density at radius 2 is 1.81 bits per heavy atom. The van der Waals surface area contributed by atoms with E-state index in [1.54, 1.807) is 23.7 Å². The van der Waals surface area contributed by atoms with Gasteiger partial charge in [-0.05, 0) is 31.5 Å². The van der Waals surface area contributed by atoms with Crippen molar-refractivity contribution in [3.8, 4) is 16.8 Å². The van der Waals surface area contributed by atoms with Crippen LogP contribution in [0.3, 0.4) is 0 Å². The maximum absolute atomic E-state index is 12.4. The number of carbonyl (C=O) groups excluding carboxylic acids is 1. The molecule has 0 aliphatic heterocycles. The molecule has 7 heteroatoms. The molecule has 1 heterocycles. The molecule has 3 aromatic rings. The van der Waals surface area contributed by atoms with Gasteiger partial charge < -0.3 is 4.74 Å². The minimum atomic E-state index is -0.505. The zero-order valence-electron chi connectivity index (χ0n) is 14.4. The van der Waals surface area contributed by atoms with Crippen LogP contribution in [0.25, 0.3) is 16.8 Å². The van der Waals surface area contributed by atoms with Crippen LogP contribution in [-0.2, 0) is 4.74 Å². The summed E-state index contributed by atoms with van der Waals surface area (Å²) in [6, 6.07) is 15.5. The zero-order valence-corrected chi connectivity index (χ0v) is 14.4. The molecule has 2 aromatic carbocycles. The summed E-state index contributed by atoms with van der Waals surface area (Å²) < 4.78 is 6.74. The first-order valence-corrected chi connectivity index (χ1v) is 8.10. The Kier molecular flexibility index (Phi) is 4.79. The van der Waals surface area contributed by atoms with Gasteiger partial charge in [-0.15, -0.1) is 0 Å². The molecule has 0 amide bonds. The summed E-state index contributed by atoms with van der Waals surface area (Å²) in [6.07, 6.45) is 0. The number of carbonyl (C=O) groups is 1. The van der Waals surface area contributed by atoms with Gasteiger partial charge in [0, 0.05) is 23.4 Å². The molecule has 0 N–H and O–H groups in total. The van der Waals surface area contributed by atoms with E-state index in [1.807, 2.05) is 37.3 Å². The molecule has 7 nitrogen and oxygen atoms in total. The van der Waals surface area contributed by atoms with Crippen molar-refractivity contribution < 1.29 is 14.5 Å². The second kappa shape index (κ2) is 7.18. The van der Waals surface area contributed by atoms with E-state index in [1.165, 1.54) is 12.1 Å². The first-order valence-electron chi connectivity index (χ1n) is 8.10. The van der Waals surface area contributed by atoms with Crippen LogP contribution in [0.4, 0.5) is 5.69 Å². The highest BCUT2D eigenvalue weighted by atomic mass is 16.6. The number of rotatable bonds is 5. The van der Waals surface area contributed by atoms with Gasteiger partial charge in [-0.3, -0.25) is 10.1 Å². The van der Waals surface area contributed by atoms with Crippen molar-refractivity contribution in [2.75, 3.05) is 6.61 Å². The zero-order chi connectivity index (χ0) is 18.7. The lowest BCUT2D eigenvalue weighted by atomic mass is 10.0. The molecule has 0 unspecified atom stereocenters. The van der Waals surface area contributed by atoms with Gasteiger partial charge in [0.1, 0.15) is 0 Å². The predicted molar refractivity (Wildman–Crippen MR) is 96.3 cm³/mol. The Labute approximate surface area is 150 Å². The summed E-state index contributed by atoms with van der Waals surface area (Å²) >= 11 is 0. The van der Waals surface area contributed by atoms with Gasteiger partial charge in [0.2, 0.25) is 0 Å². The van der Waals surface area contributed by atoms with Crippen molar-refractivity contribution in [1.82, 2.24) is 9.78 Å². The summed E-state index contributed by atoms with van der Waals surface area (Å²) in [6.45, 7) is 3.83. The van der Waals surface area contributed by atoms with E-state index >= 15 is 0 Å². The molecule has 3 rings (SSSR count). The highest BCUT2D eigenvalue weighted by molar-refractivity contribution is 5.96. The lowest BCUT2D eigenvalue weighted by Crippen LogP contribution is -2.07. The quantitative estimate of drug-likeness (QED) is 0.395. The second-order valence-electron chi connectivity index (χ2n) is 5.58. The highest BCUT2D eigenvalue weighted by Crippen LogP contribution is 2.30. The van der Waals surface area contributed by atoms with Gasteiger partial charge >= 0.3 is 5.97 Å². The van der Waals surface area contributed by atoms with Crippen LogP contribution in [0, 0.1) is 17.0 Å². The van der Waals surface area contributed by atoms with Crippen molar-refractivity contribution in [1.29, 1.82) is 0 Å². The maximum Gasteiger partial charge on any atom is 0.359 e. The Balaban J connectivity index is 2.15. The molecule has 1 aromatic heterocycles. The SMILES string of the molecule is CCOC(=O)c1nn(-c2ccc([N+](=O)[O-])cc2)c(C)c1-c1ccccc1. The largest absolute Gasteiger partial charge is 0.461 e. The van der Waals surface area contributed by atoms with Crippen LogP contribution in [-0.4, -0.2) is 27.3 Å². The summed E-state index contributed by atoms with van der Waals surface area (Å²) in [5, 5.41) is 15.3. The molecule has 0 fully saturated rings. The van der Waals surface area contributed by atoms with Gasteiger partial charge in [0.25, 0.3) is 5.69 Å². The smallest absolute Gasteiger partial charge is 0.359 e. The molecule has 26 heavy (non-hydrogen) atoms. The second-order valence-corrected chi connectivity index (χ2v) is 5.58. The molecule has 0 saturated carbocycles. The Morgan fingerprint density at radius 3 is 2.38 bits per heavy atom. The van der Waals surface area contributed by atoms with Crippen molar-refractivity contribution >= 4 is 11.7 Å². The first kappa shape index (κ1) is 17.3. The molecular weight excluding hydrogens is 334 g/mol. The minimum absolute atomic E-state index is 0.00698. The number of aromatic nitrogens is 2. The average Bonchev–Trinajstić information content (AvgIpc) is 3.00. The highest BCUT2D eigenvalue weighted by Gasteiger charge is 2.23. The van der Waals surface area contributed by atoms with Crippen molar-refractivity contribution in [3.63, 3.8) is 0 Å². The van der Waals surface area contributed by atoms with Crippen LogP contribution in [0.2, 0.25) is 0 Å². The fourth-order valence-corrected chi connectivity index (χ4v) is 2.76. The number of benzene rings is 2. The van der Waals surface area contributed by atoms with Crippen LogP contribution in [0.5, 0.6) is 0 Å². The van der Waals surface area contributed by atoms with Crippen LogP contribution >= 0.6 is 0 Å². The summed E-state index contributed by atoms with van der Waals surface area (Å²) in [5.41, 5.74) is 3.11. The van der Waals surface area contributed by atoms with Gasteiger partial charge in [-0.2, -0.15) is 5.10 Å². The number of esters is 1. The fourth-order valence-electron chi connectivity index (χ4n) is 2.76. The van der Waals surface area contributed by atoms with Crippen LogP contribution in [0.15, 0.2) is 54.6 Å². The average molecular weight is 351 g/mol. The molecule has 0 aliphatic rings. The molecule has 0 aliphatic carbocycles. The summed E-state index contributed by atoms with van der Waals surface area (Å²) in [5.74, 6) is -0.505. The number of non-ortho nitro benzene ring substituents is 1. The van der Waals surface area contributed by atoms with E-state index in [0.717, 1.165) is 11.3 Å². The maximum atomic E-state index is 12.4. The molecule has 0 radical (unpaired) electrons. The number of hydrogen-bond acceptors (Lipinski definition) is 5. The predicted octanol–water partition coefficient (Wildman–Crippen LogP) is 3.93. The lowest BCUT2D eigenvalue weighted by molar-refractivity contribution is -0.384. The molecule has 132 valence electrons. The third kappa shape index (κ3) is 3.19. The molecule has 0 spiro atoms. The normalized spacial score (nSPS) is 10.5. The van der Waals surface area contributed by atoms with Gasteiger partial charge in [-0.25, -0.2) is 9.48 Å². The van der Waals surface area contributed by atoms with Crippen LogP contribution in [0.1, 0.15) is 23.1 Å². The van der Waals surface area contributed by atoms with E-state index in [9.17, 15) is 14.9 Å². The van der Waals surface area contributed by atoms with Crippen molar-refractivity contribution in [2.24, 2.45) is 0 Å². The van der Waals surface area contributed by atoms with Crippen LogP contribution < -0.4 is 0 Å². The van der Waals surface area contributed by atoms with Gasteiger partial charge in [0.05, 0.1) is 17.2 Å². The molecule has 0 saturated heterocycles. The van der Waals surface area contributed by atoms with Gasteiger partial charge in [0.15, 0.2) is 5.69 Å². The Morgan fingerprint density at radius 1 is 1.15 bits per heavy atom. The Hall–Kier alpha value is -3.48. The van der Waals surface area contributed by atoms with E-state index in [2.05, 4.69) is 5.10 Å². The number of nitrogens with zero attached hydrogens (tertiary/aromatic N) is 3. The number of hydrogen-bond donors (Lipinski definition) is 0. The monoisotopic (exact) mass is 351 g/mol. The number of nitro groups is 1. The Bertz CT molecular complexity index is 947. The van der Waals surface area contributed by atoms with E-state index in [4.69, 9.17) is 4.74 Å². The lowest BCUT2D eigenvalue weighted by Gasteiger charge is -2.05. The fraction of sp³-hybridized carbons (Fsp3) is 0.158.